The Labute approximate surface area is 461 Å². The molecule has 10 nitrogen and oxygen atoms in total. The molecule has 440 valence electrons. The molecule has 0 aromatic heterocycles. The van der Waals surface area contributed by atoms with Gasteiger partial charge in [-0.05, 0) is 215 Å². The van der Waals surface area contributed by atoms with E-state index in [4.69, 9.17) is 4.74 Å². The van der Waals surface area contributed by atoms with Gasteiger partial charge in [-0.3, -0.25) is 44.1 Å². The fourth-order valence-electron chi connectivity index (χ4n) is 9.58. The summed E-state index contributed by atoms with van der Waals surface area (Å²) in [6.07, 6.45) is 0. The molecule has 0 rings (SSSR count). The lowest BCUT2D eigenvalue weighted by molar-refractivity contribution is 0.0521. The molecule has 0 radical (unpaired) electrons. The molecule has 0 atom stereocenters. The zero-order valence-corrected chi connectivity index (χ0v) is 56.4. The smallest absolute Gasteiger partial charge is 0.0594 e. The molecule has 0 amide bonds. The third-order valence-corrected chi connectivity index (χ3v) is 15.2. The first-order valence-corrected chi connectivity index (χ1v) is 30.9. The highest BCUT2D eigenvalue weighted by molar-refractivity contribution is 7.99. The highest BCUT2D eigenvalue weighted by Crippen LogP contribution is 2.16. The molecule has 0 aromatic carbocycles. The Hall–Kier alpha value is -0.0500. The van der Waals surface area contributed by atoms with Gasteiger partial charge in [-0.1, -0.05) is 13.8 Å². The van der Waals surface area contributed by atoms with Gasteiger partial charge in [-0.15, -0.1) is 11.8 Å². The molecule has 0 aliphatic rings. The van der Waals surface area contributed by atoms with Gasteiger partial charge in [-0.25, -0.2) is 0 Å². The fourth-order valence-corrected chi connectivity index (χ4v) is 10.7. The van der Waals surface area contributed by atoms with Crippen LogP contribution in [0.25, 0.3) is 0 Å². The summed E-state index contributed by atoms with van der Waals surface area (Å²) in [5.41, 5.74) is 0. The third-order valence-electron chi connectivity index (χ3n) is 14.1. The van der Waals surface area contributed by atoms with Gasteiger partial charge in [0, 0.05) is 154 Å². The van der Waals surface area contributed by atoms with Crippen molar-refractivity contribution >= 4 is 11.8 Å². The Morgan fingerprint density at radius 3 is 0.681 bits per heavy atom. The molecule has 0 saturated carbocycles. The SMILES string of the molecule is CC(C)N(C)CN(C(C)C)C(C)C.CC(C)N(CCN(CCN(C(C)C)C(C)C)CCN(C(C)C)C(C)C)C(C)C.CC(C)N(CCOCCN(C(C)C)C(C)C)C(C)C.CC(C)SCN(C(C)C)C(C)C. The Balaban J connectivity index is -0.000000456. The van der Waals surface area contributed by atoms with E-state index in [1.165, 1.54) is 0 Å². The molecule has 0 fully saturated rings. The van der Waals surface area contributed by atoms with E-state index in [2.05, 4.69) is 273 Å². The van der Waals surface area contributed by atoms with E-state index in [1.807, 2.05) is 11.8 Å². The zero-order chi connectivity index (χ0) is 57.3. The number of rotatable bonds is 35. The van der Waals surface area contributed by atoms with Crippen molar-refractivity contribution < 1.29 is 4.74 Å². The molecule has 0 N–H and O–H groups in total. The first-order chi connectivity index (χ1) is 33.0. The van der Waals surface area contributed by atoms with Crippen LogP contribution in [-0.2, 0) is 4.74 Å². The van der Waals surface area contributed by atoms with Crippen LogP contribution in [0, 0.1) is 0 Å². The summed E-state index contributed by atoms with van der Waals surface area (Å²) in [4.78, 5) is 22.9. The van der Waals surface area contributed by atoms with Gasteiger partial charge < -0.3 is 4.74 Å². The second kappa shape index (κ2) is 43.9. The highest BCUT2D eigenvalue weighted by Gasteiger charge is 2.21. The van der Waals surface area contributed by atoms with E-state index in [0.717, 1.165) is 83.4 Å². The molecular formula is C61H139N9OS. The van der Waals surface area contributed by atoms with Crippen molar-refractivity contribution in [3.63, 3.8) is 0 Å². The molecule has 0 saturated heterocycles. The van der Waals surface area contributed by atoms with Gasteiger partial charge in [0.15, 0.2) is 0 Å². The van der Waals surface area contributed by atoms with Crippen LogP contribution in [0.3, 0.4) is 0 Å². The van der Waals surface area contributed by atoms with E-state index >= 15 is 0 Å². The van der Waals surface area contributed by atoms with Crippen LogP contribution in [0.15, 0.2) is 0 Å². The van der Waals surface area contributed by atoms with Crippen molar-refractivity contribution in [1.82, 2.24) is 44.1 Å². The summed E-state index contributed by atoms with van der Waals surface area (Å²) in [5, 5.41) is 0.741. The lowest BCUT2D eigenvalue weighted by Crippen LogP contribution is -2.49. The van der Waals surface area contributed by atoms with Crippen LogP contribution >= 0.6 is 11.8 Å². The lowest BCUT2D eigenvalue weighted by Gasteiger charge is -2.37. The molecule has 72 heavy (non-hydrogen) atoms. The van der Waals surface area contributed by atoms with Crippen LogP contribution in [0.2, 0.25) is 0 Å². The van der Waals surface area contributed by atoms with E-state index in [1.54, 1.807) is 0 Å². The van der Waals surface area contributed by atoms with Crippen molar-refractivity contribution in [3.8, 4) is 0 Å². The van der Waals surface area contributed by atoms with Crippen LogP contribution in [0.5, 0.6) is 0 Å². The van der Waals surface area contributed by atoms with E-state index in [-0.39, 0.29) is 0 Å². The minimum absolute atomic E-state index is 0.589. The molecule has 0 bridgehead atoms. The first kappa shape index (κ1) is 78.4. The van der Waals surface area contributed by atoms with Crippen molar-refractivity contribution in [2.24, 2.45) is 0 Å². The molecule has 0 spiro atoms. The summed E-state index contributed by atoms with van der Waals surface area (Å²) in [5.74, 6) is 1.16. The molecule has 11 heteroatoms. The number of hydrogen-bond acceptors (Lipinski definition) is 11. The summed E-state index contributed by atoms with van der Waals surface area (Å²) in [7, 11) is 2.18. The van der Waals surface area contributed by atoms with Gasteiger partial charge in [0.2, 0.25) is 0 Å². The summed E-state index contributed by atoms with van der Waals surface area (Å²) >= 11 is 2.02. The maximum absolute atomic E-state index is 5.81. The maximum Gasteiger partial charge on any atom is 0.0594 e. The summed E-state index contributed by atoms with van der Waals surface area (Å²) in [6, 6.07) is 9.19. The van der Waals surface area contributed by atoms with Crippen LogP contribution in [-0.4, -0.2) is 225 Å². The van der Waals surface area contributed by atoms with Crippen LogP contribution in [0.1, 0.15) is 222 Å². The van der Waals surface area contributed by atoms with Crippen LogP contribution < -0.4 is 0 Å². The molecule has 0 unspecified atom stereocenters. The topological polar surface area (TPSA) is 38.4 Å². The molecule has 0 aromatic rings. The molecular weight excluding hydrogens is 907 g/mol. The summed E-state index contributed by atoms with van der Waals surface area (Å²) in [6.45, 7) is 84.6. The van der Waals surface area contributed by atoms with Gasteiger partial charge in [0.05, 0.1) is 19.9 Å². The maximum atomic E-state index is 5.81. The number of ether oxygens (including phenoxy) is 1. The molecule has 0 aliphatic carbocycles. The zero-order valence-electron chi connectivity index (χ0n) is 55.6. The Kier molecular flexibility index (Phi) is 47.8. The standard InChI is InChI=1S/C24H54N4.C16H36N2O.C11H26N2.C10H23NS/c1-19(2)26(20(3)4)16-13-25(14-17-27(21(5)6)22(7)8)15-18-28(23(9)10)24(11)12;1-13(2)17(14(3)4)9-11-19-12-10-18(15(5)6)16(7)8;1-9(2)12(7)8-13(10(3)4)11(5)6;1-8(2)11(9(3)4)7-12-10(5)6/h19-24H,13-18H2,1-12H3;13-16H,9-12H2,1-8H3;9-11H,8H2,1-7H3;8-10H,7H2,1-6H3. The van der Waals surface area contributed by atoms with Gasteiger partial charge in [0.25, 0.3) is 0 Å². The predicted molar refractivity (Wildman–Crippen MR) is 332 cm³/mol. The van der Waals surface area contributed by atoms with Crippen LogP contribution in [0.4, 0.5) is 0 Å². The number of hydrogen-bond donors (Lipinski definition) is 0. The lowest BCUT2D eigenvalue weighted by atomic mass is 10.2. The van der Waals surface area contributed by atoms with Crippen molar-refractivity contribution in [1.29, 1.82) is 0 Å². The van der Waals surface area contributed by atoms with Gasteiger partial charge in [0.1, 0.15) is 0 Å². The molecule has 0 heterocycles. The molecule has 0 aliphatic heterocycles. The predicted octanol–water partition coefficient (Wildman–Crippen LogP) is 13.5. The van der Waals surface area contributed by atoms with Crippen molar-refractivity contribution in [2.45, 2.75) is 317 Å². The van der Waals surface area contributed by atoms with Crippen molar-refractivity contribution in [3.05, 3.63) is 0 Å². The highest BCUT2D eigenvalue weighted by atomic mass is 32.2. The third kappa shape index (κ3) is 39.3. The largest absolute Gasteiger partial charge is 0.379 e. The fraction of sp³-hybridized carbons (Fsp3) is 1.00. The monoisotopic (exact) mass is 1050 g/mol. The van der Waals surface area contributed by atoms with Gasteiger partial charge >= 0.3 is 0 Å². The Morgan fingerprint density at radius 2 is 0.486 bits per heavy atom. The average Bonchev–Trinajstić information content (AvgIpc) is 3.21. The first-order valence-electron chi connectivity index (χ1n) is 29.9. The Morgan fingerprint density at radius 1 is 0.264 bits per heavy atom. The second-order valence-electron chi connectivity index (χ2n) is 25.3. The van der Waals surface area contributed by atoms with E-state index < -0.39 is 0 Å². The minimum Gasteiger partial charge on any atom is -0.379 e. The normalized spacial score (nSPS) is 13.1. The van der Waals surface area contributed by atoms with E-state index in [9.17, 15) is 0 Å². The Bertz CT molecular complexity index is 1040. The summed E-state index contributed by atoms with van der Waals surface area (Å²) < 4.78 is 5.81. The minimum atomic E-state index is 0.589. The second-order valence-corrected chi connectivity index (χ2v) is 26.9. The van der Waals surface area contributed by atoms with Crippen molar-refractivity contribution in [2.75, 3.05) is 85.2 Å². The van der Waals surface area contributed by atoms with Gasteiger partial charge in [-0.2, -0.15) is 0 Å². The quantitative estimate of drug-likeness (QED) is 0.0450. The number of nitrogens with zero attached hydrogens (tertiary/aromatic N) is 9. The average molecular weight is 1050 g/mol. The van der Waals surface area contributed by atoms with E-state index in [0.29, 0.717) is 90.6 Å². The number of thioether (sulfide) groups is 1.